The standard InChI is InChI=1S/C22H24N2S2/c1-13(2)15-8-11-17-18(12-15)23-22(4,5)20-19(17)21(25)24(26-20)16-9-6-14(3)7-10-16/h6-13,23H,1-5H3. The number of rotatable bonds is 2. The van der Waals surface area contributed by atoms with E-state index in [9.17, 15) is 0 Å². The van der Waals surface area contributed by atoms with Crippen molar-refractivity contribution in [2.75, 3.05) is 5.32 Å². The van der Waals surface area contributed by atoms with E-state index in [2.05, 4.69) is 86.4 Å². The van der Waals surface area contributed by atoms with Gasteiger partial charge < -0.3 is 5.32 Å². The highest BCUT2D eigenvalue weighted by atomic mass is 32.1. The van der Waals surface area contributed by atoms with E-state index < -0.39 is 0 Å². The van der Waals surface area contributed by atoms with E-state index in [0.717, 1.165) is 10.3 Å². The fourth-order valence-electron chi connectivity index (χ4n) is 3.53. The van der Waals surface area contributed by atoms with Gasteiger partial charge in [-0.2, -0.15) is 0 Å². The fraction of sp³-hybridized carbons (Fsp3) is 0.318. The van der Waals surface area contributed by atoms with Gasteiger partial charge in [0.05, 0.1) is 16.1 Å². The van der Waals surface area contributed by atoms with Gasteiger partial charge in [-0.15, -0.1) is 0 Å². The van der Waals surface area contributed by atoms with Crippen LogP contribution in [0.2, 0.25) is 0 Å². The van der Waals surface area contributed by atoms with E-state index in [-0.39, 0.29) is 5.54 Å². The molecule has 2 nitrogen and oxygen atoms in total. The molecule has 0 unspecified atom stereocenters. The van der Waals surface area contributed by atoms with Crippen LogP contribution in [0.5, 0.6) is 0 Å². The van der Waals surface area contributed by atoms with Crippen molar-refractivity contribution in [2.45, 2.75) is 46.1 Å². The quantitative estimate of drug-likeness (QED) is 0.481. The summed E-state index contributed by atoms with van der Waals surface area (Å²) in [6.45, 7) is 11.0. The number of hydrogen-bond acceptors (Lipinski definition) is 3. The average Bonchev–Trinajstić information content (AvgIpc) is 2.93. The Morgan fingerprint density at radius 3 is 2.42 bits per heavy atom. The fourth-order valence-corrected chi connectivity index (χ4v) is 5.18. The van der Waals surface area contributed by atoms with Crippen molar-refractivity contribution in [3.8, 4) is 16.8 Å². The molecule has 0 saturated heterocycles. The second kappa shape index (κ2) is 6.07. The molecule has 1 aliphatic rings. The van der Waals surface area contributed by atoms with Gasteiger partial charge in [0.25, 0.3) is 0 Å². The van der Waals surface area contributed by atoms with E-state index in [1.807, 2.05) is 0 Å². The molecule has 1 N–H and O–H groups in total. The molecule has 3 aromatic rings. The summed E-state index contributed by atoms with van der Waals surface area (Å²) in [5, 5.41) is 3.74. The molecule has 0 radical (unpaired) electrons. The Balaban J connectivity index is 1.95. The molecule has 0 fully saturated rings. The lowest BCUT2D eigenvalue weighted by Gasteiger charge is -2.33. The minimum Gasteiger partial charge on any atom is -0.375 e. The maximum Gasteiger partial charge on any atom is 0.129 e. The van der Waals surface area contributed by atoms with Crippen LogP contribution >= 0.6 is 23.8 Å². The summed E-state index contributed by atoms with van der Waals surface area (Å²) >= 11 is 7.69. The summed E-state index contributed by atoms with van der Waals surface area (Å²) in [6, 6.07) is 15.3. The third kappa shape index (κ3) is 2.72. The molecule has 4 heteroatoms. The van der Waals surface area contributed by atoms with Crippen molar-refractivity contribution in [3.05, 3.63) is 63.1 Å². The smallest absolute Gasteiger partial charge is 0.129 e. The first-order chi connectivity index (χ1) is 12.3. The summed E-state index contributed by atoms with van der Waals surface area (Å²) in [7, 11) is 0. The van der Waals surface area contributed by atoms with Crippen LogP contribution in [0.15, 0.2) is 42.5 Å². The Morgan fingerprint density at radius 2 is 1.77 bits per heavy atom. The second-order valence-electron chi connectivity index (χ2n) is 7.94. The first-order valence-electron chi connectivity index (χ1n) is 9.04. The summed E-state index contributed by atoms with van der Waals surface area (Å²) in [4.78, 5) is 1.30. The topological polar surface area (TPSA) is 17.0 Å². The van der Waals surface area contributed by atoms with Gasteiger partial charge in [-0.25, -0.2) is 0 Å². The highest BCUT2D eigenvalue weighted by Crippen LogP contribution is 2.48. The van der Waals surface area contributed by atoms with Crippen molar-refractivity contribution in [1.29, 1.82) is 0 Å². The lowest BCUT2D eigenvalue weighted by molar-refractivity contribution is 0.619. The highest BCUT2D eigenvalue weighted by molar-refractivity contribution is 7.71. The van der Waals surface area contributed by atoms with E-state index in [0.29, 0.717) is 5.92 Å². The molecule has 2 aromatic carbocycles. The molecular formula is C22H24N2S2. The molecule has 4 rings (SSSR count). The summed E-state index contributed by atoms with van der Waals surface area (Å²) in [5.74, 6) is 0.509. The van der Waals surface area contributed by atoms with Gasteiger partial charge in [0.2, 0.25) is 0 Å². The van der Waals surface area contributed by atoms with Crippen molar-refractivity contribution in [1.82, 2.24) is 3.96 Å². The predicted octanol–water partition coefficient (Wildman–Crippen LogP) is 7.03. The lowest BCUT2D eigenvalue weighted by Crippen LogP contribution is -2.30. The molecule has 1 aromatic heterocycles. The van der Waals surface area contributed by atoms with Gasteiger partial charge in [0.1, 0.15) is 4.64 Å². The Hall–Kier alpha value is -1.91. The van der Waals surface area contributed by atoms with Crippen LogP contribution in [-0.2, 0) is 5.54 Å². The highest BCUT2D eigenvalue weighted by Gasteiger charge is 2.34. The normalized spacial score (nSPS) is 14.7. The number of anilines is 1. The Morgan fingerprint density at radius 1 is 1.08 bits per heavy atom. The molecule has 0 aliphatic carbocycles. The van der Waals surface area contributed by atoms with Crippen LogP contribution in [-0.4, -0.2) is 3.96 Å². The van der Waals surface area contributed by atoms with E-state index in [1.165, 1.54) is 32.8 Å². The molecular weight excluding hydrogens is 356 g/mol. The molecule has 2 heterocycles. The summed E-state index contributed by atoms with van der Waals surface area (Å²) < 4.78 is 3.09. The third-order valence-corrected chi connectivity index (χ3v) is 7.05. The maximum atomic E-state index is 5.94. The first-order valence-corrected chi connectivity index (χ1v) is 10.2. The van der Waals surface area contributed by atoms with Crippen LogP contribution in [0, 0.1) is 11.6 Å². The minimum atomic E-state index is -0.147. The number of nitrogens with one attached hydrogen (secondary N) is 1. The van der Waals surface area contributed by atoms with E-state index in [4.69, 9.17) is 12.2 Å². The van der Waals surface area contributed by atoms with Gasteiger partial charge in [0, 0.05) is 16.8 Å². The lowest BCUT2D eigenvalue weighted by atomic mass is 9.88. The SMILES string of the molecule is Cc1ccc(-n2sc3c(c2=S)-c2ccc(C(C)C)cc2NC3(C)C)cc1. The summed E-state index contributed by atoms with van der Waals surface area (Å²) in [5.41, 5.74) is 7.21. The van der Waals surface area contributed by atoms with E-state index >= 15 is 0 Å². The largest absolute Gasteiger partial charge is 0.375 e. The zero-order valence-corrected chi connectivity index (χ0v) is 17.5. The summed E-state index contributed by atoms with van der Waals surface area (Å²) in [6.07, 6.45) is 0. The van der Waals surface area contributed by atoms with Gasteiger partial charge in [-0.05, 0) is 50.5 Å². The van der Waals surface area contributed by atoms with Crippen molar-refractivity contribution in [3.63, 3.8) is 0 Å². The van der Waals surface area contributed by atoms with Crippen molar-refractivity contribution >= 4 is 29.4 Å². The van der Waals surface area contributed by atoms with Crippen molar-refractivity contribution < 1.29 is 0 Å². The molecule has 0 bridgehead atoms. The monoisotopic (exact) mass is 380 g/mol. The van der Waals surface area contributed by atoms with Crippen LogP contribution in [0.4, 0.5) is 5.69 Å². The number of hydrogen-bond donors (Lipinski definition) is 1. The number of aromatic nitrogens is 1. The number of aryl methyl sites for hydroxylation is 1. The maximum absolute atomic E-state index is 5.94. The number of nitrogens with zero attached hydrogens (tertiary/aromatic N) is 1. The zero-order valence-electron chi connectivity index (χ0n) is 15.9. The Bertz CT molecular complexity index is 1040. The van der Waals surface area contributed by atoms with Gasteiger partial charge in [-0.3, -0.25) is 3.96 Å². The second-order valence-corrected chi connectivity index (χ2v) is 9.28. The van der Waals surface area contributed by atoms with Crippen LogP contribution in [0.3, 0.4) is 0 Å². The molecule has 0 spiro atoms. The minimum absolute atomic E-state index is 0.147. The number of benzene rings is 2. The molecule has 0 amide bonds. The molecule has 1 aliphatic heterocycles. The Labute approximate surface area is 164 Å². The van der Waals surface area contributed by atoms with Gasteiger partial charge in [-0.1, -0.05) is 67.4 Å². The van der Waals surface area contributed by atoms with Crippen LogP contribution in [0.25, 0.3) is 16.8 Å². The molecule has 26 heavy (non-hydrogen) atoms. The van der Waals surface area contributed by atoms with Gasteiger partial charge >= 0.3 is 0 Å². The predicted molar refractivity (Wildman–Crippen MR) is 115 cm³/mol. The van der Waals surface area contributed by atoms with Crippen molar-refractivity contribution in [2.24, 2.45) is 0 Å². The Kier molecular flexibility index (Phi) is 4.08. The molecule has 134 valence electrons. The number of fused-ring (bicyclic) bond motifs is 3. The first kappa shape index (κ1) is 17.5. The van der Waals surface area contributed by atoms with Crippen LogP contribution in [0.1, 0.15) is 49.6 Å². The molecule has 0 atom stereocenters. The average molecular weight is 381 g/mol. The van der Waals surface area contributed by atoms with Crippen LogP contribution < -0.4 is 5.32 Å². The zero-order chi connectivity index (χ0) is 18.6. The van der Waals surface area contributed by atoms with E-state index in [1.54, 1.807) is 11.5 Å². The third-order valence-electron chi connectivity index (χ3n) is 5.07. The van der Waals surface area contributed by atoms with Gasteiger partial charge in [0.15, 0.2) is 0 Å². The molecule has 0 saturated carbocycles.